The van der Waals surface area contributed by atoms with Crippen LogP contribution in [0.15, 0.2) is 65.6 Å². The van der Waals surface area contributed by atoms with E-state index in [9.17, 15) is 13.2 Å². The summed E-state index contributed by atoms with van der Waals surface area (Å²) in [5.74, 6) is -0.253. The number of anilines is 2. The lowest BCUT2D eigenvalue weighted by molar-refractivity contribution is 0.0981. The van der Waals surface area contributed by atoms with E-state index in [2.05, 4.69) is 4.72 Å². The van der Waals surface area contributed by atoms with Crippen LogP contribution in [0, 0.1) is 13.8 Å². The molecule has 1 atom stereocenters. The monoisotopic (exact) mass is 454 g/mol. The van der Waals surface area contributed by atoms with Crippen LogP contribution in [-0.2, 0) is 16.4 Å². The molecular formula is C24H23ClN2O3S. The molecule has 0 aromatic heterocycles. The third-order valence-electron chi connectivity index (χ3n) is 5.65. The Kier molecular flexibility index (Phi) is 5.54. The van der Waals surface area contributed by atoms with E-state index in [4.69, 9.17) is 11.6 Å². The molecule has 0 radical (unpaired) electrons. The molecule has 0 unspecified atom stereocenters. The number of fused-ring (bicyclic) bond motifs is 1. The summed E-state index contributed by atoms with van der Waals surface area (Å²) in [6, 6.07) is 17.4. The standard InChI is InChI=1S/C24H23ClN2O3S/c1-15-8-10-20(12-16(15)2)26-31(29,30)23-14-19(9-11-21(23)25)24(28)27-17(3)13-18-6-4-5-7-22(18)27/h4-12,14,17,26H,13H2,1-3H3/t17-/m1/s1. The maximum Gasteiger partial charge on any atom is 0.263 e. The topological polar surface area (TPSA) is 66.5 Å². The molecule has 1 amide bonds. The summed E-state index contributed by atoms with van der Waals surface area (Å²) in [4.78, 5) is 14.9. The van der Waals surface area contributed by atoms with Gasteiger partial charge in [0, 0.05) is 23.0 Å². The molecule has 0 bridgehead atoms. The molecule has 0 fully saturated rings. The van der Waals surface area contributed by atoms with Gasteiger partial charge in [-0.1, -0.05) is 35.9 Å². The van der Waals surface area contributed by atoms with E-state index in [-0.39, 0.29) is 27.4 Å². The molecule has 31 heavy (non-hydrogen) atoms. The number of halogens is 1. The van der Waals surface area contributed by atoms with Crippen LogP contribution in [0.4, 0.5) is 11.4 Å². The number of hydrogen-bond donors (Lipinski definition) is 1. The van der Waals surface area contributed by atoms with Crippen LogP contribution in [0.25, 0.3) is 0 Å². The minimum absolute atomic E-state index is 0.0192. The molecule has 160 valence electrons. The summed E-state index contributed by atoms with van der Waals surface area (Å²) in [5, 5.41) is 0.0581. The van der Waals surface area contributed by atoms with Gasteiger partial charge in [-0.15, -0.1) is 0 Å². The molecular weight excluding hydrogens is 432 g/mol. The molecule has 4 rings (SSSR count). The number of benzene rings is 3. The molecule has 1 N–H and O–H groups in total. The summed E-state index contributed by atoms with van der Waals surface area (Å²) in [6.07, 6.45) is 0.759. The van der Waals surface area contributed by atoms with Crippen LogP contribution in [-0.4, -0.2) is 20.4 Å². The predicted octanol–water partition coefficient (Wildman–Crippen LogP) is 5.35. The van der Waals surface area contributed by atoms with Crippen LogP contribution in [0.3, 0.4) is 0 Å². The van der Waals surface area contributed by atoms with E-state index in [0.29, 0.717) is 5.69 Å². The largest absolute Gasteiger partial charge is 0.305 e. The molecule has 3 aromatic carbocycles. The number of aryl methyl sites for hydroxylation is 2. The predicted molar refractivity (Wildman–Crippen MR) is 125 cm³/mol. The van der Waals surface area contributed by atoms with E-state index >= 15 is 0 Å². The molecule has 3 aromatic rings. The van der Waals surface area contributed by atoms with Crippen LogP contribution in [0.2, 0.25) is 5.02 Å². The number of hydrogen-bond acceptors (Lipinski definition) is 3. The van der Waals surface area contributed by atoms with Crippen LogP contribution < -0.4 is 9.62 Å². The summed E-state index contributed by atoms with van der Waals surface area (Å²) >= 11 is 6.23. The highest BCUT2D eigenvalue weighted by molar-refractivity contribution is 7.92. The van der Waals surface area contributed by atoms with Crippen molar-refractivity contribution in [2.45, 2.75) is 38.1 Å². The Morgan fingerprint density at radius 1 is 1.03 bits per heavy atom. The quantitative estimate of drug-likeness (QED) is 0.577. The summed E-state index contributed by atoms with van der Waals surface area (Å²) in [7, 11) is -3.98. The maximum absolute atomic E-state index is 13.3. The third-order valence-corrected chi connectivity index (χ3v) is 7.52. The van der Waals surface area contributed by atoms with Gasteiger partial charge in [-0.3, -0.25) is 9.52 Å². The van der Waals surface area contributed by atoms with Crippen molar-refractivity contribution in [3.05, 3.63) is 87.9 Å². The average molecular weight is 455 g/mol. The highest BCUT2D eigenvalue weighted by atomic mass is 35.5. The van der Waals surface area contributed by atoms with Crippen LogP contribution in [0.1, 0.15) is 34.0 Å². The summed E-state index contributed by atoms with van der Waals surface area (Å²) < 4.78 is 28.7. The molecule has 1 heterocycles. The van der Waals surface area contributed by atoms with Gasteiger partial charge in [-0.05, 0) is 80.3 Å². The Balaban J connectivity index is 1.68. The van der Waals surface area contributed by atoms with E-state index in [0.717, 1.165) is 28.8 Å². The molecule has 5 nitrogen and oxygen atoms in total. The second-order valence-corrected chi connectivity index (χ2v) is 9.96. The Morgan fingerprint density at radius 3 is 2.52 bits per heavy atom. The molecule has 0 spiro atoms. The molecule has 0 saturated carbocycles. The number of nitrogens with one attached hydrogen (secondary N) is 1. The van der Waals surface area contributed by atoms with Gasteiger partial charge in [0.2, 0.25) is 0 Å². The zero-order valence-corrected chi connectivity index (χ0v) is 19.1. The minimum Gasteiger partial charge on any atom is -0.305 e. The fourth-order valence-electron chi connectivity index (χ4n) is 3.87. The number of amides is 1. The number of sulfonamides is 1. The first-order valence-electron chi connectivity index (χ1n) is 9.98. The molecule has 1 aliphatic heterocycles. The Morgan fingerprint density at radius 2 is 1.77 bits per heavy atom. The van der Waals surface area contributed by atoms with E-state index in [1.54, 1.807) is 23.1 Å². The first kappa shape index (κ1) is 21.4. The van der Waals surface area contributed by atoms with Gasteiger partial charge in [0.25, 0.3) is 15.9 Å². The first-order chi connectivity index (χ1) is 14.7. The van der Waals surface area contributed by atoms with Gasteiger partial charge in [-0.2, -0.15) is 0 Å². The lowest BCUT2D eigenvalue weighted by atomic mass is 10.1. The van der Waals surface area contributed by atoms with Gasteiger partial charge >= 0.3 is 0 Å². The van der Waals surface area contributed by atoms with E-state index in [1.807, 2.05) is 51.1 Å². The molecule has 7 heteroatoms. The minimum atomic E-state index is -3.98. The lowest BCUT2D eigenvalue weighted by Gasteiger charge is -2.23. The molecule has 0 saturated heterocycles. The normalized spacial score (nSPS) is 15.6. The van der Waals surface area contributed by atoms with Crippen molar-refractivity contribution in [1.82, 2.24) is 0 Å². The highest BCUT2D eigenvalue weighted by Gasteiger charge is 2.32. The Bertz CT molecular complexity index is 1290. The fourth-order valence-corrected chi connectivity index (χ4v) is 5.45. The number of carbonyl (C=O) groups is 1. The van der Waals surface area contributed by atoms with E-state index < -0.39 is 10.0 Å². The van der Waals surface area contributed by atoms with Gasteiger partial charge in [0.15, 0.2) is 0 Å². The molecule has 0 aliphatic carbocycles. The van der Waals surface area contributed by atoms with Crippen molar-refractivity contribution in [3.63, 3.8) is 0 Å². The lowest BCUT2D eigenvalue weighted by Crippen LogP contribution is -2.35. The van der Waals surface area contributed by atoms with E-state index in [1.165, 1.54) is 12.1 Å². The third kappa shape index (κ3) is 4.05. The van der Waals surface area contributed by atoms with Gasteiger partial charge in [-0.25, -0.2) is 8.42 Å². The summed E-state index contributed by atoms with van der Waals surface area (Å²) in [5.41, 5.74) is 4.70. The Labute approximate surface area is 187 Å². The zero-order valence-electron chi connectivity index (χ0n) is 17.5. The number of carbonyl (C=O) groups excluding carboxylic acids is 1. The molecule has 1 aliphatic rings. The van der Waals surface area contributed by atoms with Gasteiger partial charge in [0.1, 0.15) is 4.90 Å². The highest BCUT2D eigenvalue weighted by Crippen LogP contribution is 2.34. The van der Waals surface area contributed by atoms with Crippen molar-refractivity contribution in [3.8, 4) is 0 Å². The first-order valence-corrected chi connectivity index (χ1v) is 11.8. The maximum atomic E-state index is 13.3. The van der Waals surface area contributed by atoms with Crippen molar-refractivity contribution < 1.29 is 13.2 Å². The Hall–Kier alpha value is -2.83. The second kappa shape index (κ2) is 8.02. The van der Waals surface area contributed by atoms with Crippen molar-refractivity contribution in [2.24, 2.45) is 0 Å². The van der Waals surface area contributed by atoms with Crippen LogP contribution >= 0.6 is 11.6 Å². The van der Waals surface area contributed by atoms with Crippen molar-refractivity contribution in [2.75, 3.05) is 9.62 Å². The average Bonchev–Trinajstić information content (AvgIpc) is 3.06. The van der Waals surface area contributed by atoms with Crippen molar-refractivity contribution >= 4 is 38.9 Å². The van der Waals surface area contributed by atoms with Crippen LogP contribution in [0.5, 0.6) is 0 Å². The smallest absolute Gasteiger partial charge is 0.263 e. The SMILES string of the molecule is Cc1ccc(NS(=O)(=O)c2cc(C(=O)N3c4ccccc4C[C@H]3C)ccc2Cl)cc1C. The zero-order chi connectivity index (χ0) is 22.3. The number of nitrogens with zero attached hydrogens (tertiary/aromatic N) is 1. The number of rotatable bonds is 4. The second-order valence-electron chi connectivity index (χ2n) is 7.91. The summed E-state index contributed by atoms with van der Waals surface area (Å²) in [6.45, 7) is 5.85. The van der Waals surface area contributed by atoms with Gasteiger partial charge < -0.3 is 4.90 Å². The van der Waals surface area contributed by atoms with Gasteiger partial charge in [0.05, 0.1) is 5.02 Å². The number of para-hydroxylation sites is 1. The fraction of sp³-hybridized carbons (Fsp3) is 0.208. The van der Waals surface area contributed by atoms with Crippen molar-refractivity contribution in [1.29, 1.82) is 0 Å².